The van der Waals surface area contributed by atoms with E-state index in [0.717, 1.165) is 31.4 Å². The Labute approximate surface area is 94.6 Å². The Balaban J connectivity index is 2.26. The number of halogens is 1. The normalized spacial score (nSPS) is 22.6. The number of carbonyl (C=O) groups excluding carboxylic acids is 1. The highest BCUT2D eigenvalue weighted by Gasteiger charge is 2.26. The molecule has 2 nitrogen and oxygen atoms in total. The molecule has 1 aromatic rings. The molecule has 0 bridgehead atoms. The molecule has 1 N–H and O–H groups in total. The molecule has 0 radical (unpaired) electrons. The lowest BCUT2D eigenvalue weighted by Gasteiger charge is -2.18. The van der Waals surface area contributed by atoms with Crippen molar-refractivity contribution in [1.29, 1.82) is 0 Å². The molecule has 1 aliphatic rings. The minimum atomic E-state index is -0.0614. The van der Waals surface area contributed by atoms with Crippen LogP contribution in [0.5, 0.6) is 0 Å². The standard InChI is InChI=1S/C12H14ClNO/c13-12-4-2-1-3-10(12)11(8-15)9-5-6-14-7-9/h1-4,8-9,11,14H,5-7H2. The summed E-state index contributed by atoms with van der Waals surface area (Å²) >= 11 is 6.10. The van der Waals surface area contributed by atoms with Gasteiger partial charge in [-0.3, -0.25) is 0 Å². The van der Waals surface area contributed by atoms with Crippen LogP contribution in [0, 0.1) is 5.92 Å². The van der Waals surface area contributed by atoms with E-state index in [0.29, 0.717) is 10.9 Å². The lowest BCUT2D eigenvalue weighted by molar-refractivity contribution is -0.110. The third-order valence-electron chi connectivity index (χ3n) is 3.02. The zero-order chi connectivity index (χ0) is 10.7. The van der Waals surface area contributed by atoms with E-state index in [-0.39, 0.29) is 5.92 Å². The molecule has 0 saturated carbocycles. The maximum absolute atomic E-state index is 11.2. The first-order chi connectivity index (χ1) is 7.33. The van der Waals surface area contributed by atoms with Gasteiger partial charge in [-0.05, 0) is 37.1 Å². The SMILES string of the molecule is O=CC(c1ccccc1Cl)C1CCNC1. The van der Waals surface area contributed by atoms with Crippen molar-refractivity contribution in [3.63, 3.8) is 0 Å². The van der Waals surface area contributed by atoms with Crippen LogP contribution in [0.1, 0.15) is 17.9 Å². The van der Waals surface area contributed by atoms with Gasteiger partial charge in [-0.2, -0.15) is 0 Å². The van der Waals surface area contributed by atoms with Crippen molar-refractivity contribution in [3.8, 4) is 0 Å². The second-order valence-electron chi connectivity index (χ2n) is 3.94. The molecule has 1 aromatic carbocycles. The van der Waals surface area contributed by atoms with Crippen LogP contribution < -0.4 is 5.32 Å². The zero-order valence-electron chi connectivity index (χ0n) is 8.45. The van der Waals surface area contributed by atoms with Crippen molar-refractivity contribution in [2.45, 2.75) is 12.3 Å². The van der Waals surface area contributed by atoms with Crippen LogP contribution in [-0.4, -0.2) is 19.4 Å². The largest absolute Gasteiger partial charge is 0.316 e. The highest BCUT2D eigenvalue weighted by molar-refractivity contribution is 6.31. The van der Waals surface area contributed by atoms with Crippen LogP contribution in [0.25, 0.3) is 0 Å². The molecular formula is C12H14ClNO. The summed E-state index contributed by atoms with van der Waals surface area (Å²) in [5.41, 5.74) is 0.961. The third-order valence-corrected chi connectivity index (χ3v) is 3.36. The van der Waals surface area contributed by atoms with Gasteiger partial charge in [0.2, 0.25) is 0 Å². The van der Waals surface area contributed by atoms with Crippen molar-refractivity contribution in [2.24, 2.45) is 5.92 Å². The average Bonchev–Trinajstić information content (AvgIpc) is 2.75. The van der Waals surface area contributed by atoms with E-state index in [2.05, 4.69) is 5.32 Å². The lowest BCUT2D eigenvalue weighted by Crippen LogP contribution is -2.17. The Morgan fingerprint density at radius 1 is 1.47 bits per heavy atom. The number of nitrogens with one attached hydrogen (secondary N) is 1. The van der Waals surface area contributed by atoms with Gasteiger partial charge >= 0.3 is 0 Å². The zero-order valence-corrected chi connectivity index (χ0v) is 9.20. The number of benzene rings is 1. The molecule has 2 rings (SSSR count). The minimum Gasteiger partial charge on any atom is -0.316 e. The second-order valence-corrected chi connectivity index (χ2v) is 4.34. The van der Waals surface area contributed by atoms with Crippen LogP contribution >= 0.6 is 11.6 Å². The van der Waals surface area contributed by atoms with Gasteiger partial charge in [-0.15, -0.1) is 0 Å². The molecule has 1 heterocycles. The van der Waals surface area contributed by atoms with Gasteiger partial charge in [0, 0.05) is 10.9 Å². The highest BCUT2D eigenvalue weighted by Crippen LogP contribution is 2.31. The average molecular weight is 224 g/mol. The molecule has 1 aliphatic heterocycles. The number of hydrogen-bond donors (Lipinski definition) is 1. The van der Waals surface area contributed by atoms with E-state index in [1.165, 1.54) is 0 Å². The van der Waals surface area contributed by atoms with E-state index < -0.39 is 0 Å². The predicted molar refractivity (Wildman–Crippen MR) is 61.2 cm³/mol. The molecule has 2 atom stereocenters. The van der Waals surface area contributed by atoms with Crippen LogP contribution in [0.15, 0.2) is 24.3 Å². The Hall–Kier alpha value is -0.860. The topological polar surface area (TPSA) is 29.1 Å². The maximum Gasteiger partial charge on any atom is 0.127 e. The van der Waals surface area contributed by atoms with Crippen molar-refractivity contribution in [3.05, 3.63) is 34.9 Å². The fraction of sp³-hybridized carbons (Fsp3) is 0.417. The molecule has 1 fully saturated rings. The van der Waals surface area contributed by atoms with E-state index in [1.807, 2.05) is 24.3 Å². The van der Waals surface area contributed by atoms with Crippen LogP contribution in [0.2, 0.25) is 5.02 Å². The fourth-order valence-corrected chi connectivity index (χ4v) is 2.43. The molecule has 0 aromatic heterocycles. The van der Waals surface area contributed by atoms with E-state index in [9.17, 15) is 4.79 Å². The molecule has 0 spiro atoms. The van der Waals surface area contributed by atoms with Gasteiger partial charge in [-0.1, -0.05) is 29.8 Å². The van der Waals surface area contributed by atoms with E-state index in [1.54, 1.807) is 0 Å². The molecule has 2 unspecified atom stereocenters. The quantitative estimate of drug-likeness (QED) is 0.797. The van der Waals surface area contributed by atoms with Gasteiger partial charge < -0.3 is 10.1 Å². The summed E-state index contributed by atoms with van der Waals surface area (Å²) in [6.45, 7) is 1.91. The van der Waals surface area contributed by atoms with E-state index in [4.69, 9.17) is 11.6 Å². The van der Waals surface area contributed by atoms with Gasteiger partial charge in [0.05, 0.1) is 0 Å². The highest BCUT2D eigenvalue weighted by atomic mass is 35.5. The van der Waals surface area contributed by atoms with Gasteiger partial charge in [-0.25, -0.2) is 0 Å². The van der Waals surface area contributed by atoms with Crippen molar-refractivity contribution < 1.29 is 4.79 Å². The van der Waals surface area contributed by atoms with Crippen molar-refractivity contribution in [1.82, 2.24) is 5.32 Å². The Kier molecular flexibility index (Phi) is 3.39. The summed E-state index contributed by atoms with van der Waals surface area (Å²) in [6.07, 6.45) is 2.08. The molecule has 3 heteroatoms. The Bertz CT molecular complexity index is 347. The predicted octanol–water partition coefficient (Wildman–Crippen LogP) is 2.23. The summed E-state index contributed by atoms with van der Waals surface area (Å²) in [7, 11) is 0. The maximum atomic E-state index is 11.2. The molecule has 0 aliphatic carbocycles. The smallest absolute Gasteiger partial charge is 0.127 e. The molecule has 15 heavy (non-hydrogen) atoms. The van der Waals surface area contributed by atoms with E-state index >= 15 is 0 Å². The first-order valence-corrected chi connectivity index (χ1v) is 5.61. The number of rotatable bonds is 3. The summed E-state index contributed by atoms with van der Waals surface area (Å²) in [6, 6.07) is 7.61. The lowest BCUT2D eigenvalue weighted by atomic mass is 9.86. The monoisotopic (exact) mass is 223 g/mol. The minimum absolute atomic E-state index is 0.0614. The Morgan fingerprint density at radius 3 is 2.87 bits per heavy atom. The first kappa shape index (κ1) is 10.7. The summed E-state index contributed by atoms with van der Waals surface area (Å²) in [4.78, 5) is 11.2. The summed E-state index contributed by atoms with van der Waals surface area (Å²) < 4.78 is 0. The van der Waals surface area contributed by atoms with Crippen molar-refractivity contribution in [2.75, 3.05) is 13.1 Å². The van der Waals surface area contributed by atoms with Crippen LogP contribution in [0.3, 0.4) is 0 Å². The number of hydrogen-bond acceptors (Lipinski definition) is 2. The second kappa shape index (κ2) is 4.77. The van der Waals surface area contributed by atoms with Gasteiger partial charge in [0.1, 0.15) is 6.29 Å². The third kappa shape index (κ3) is 2.21. The van der Waals surface area contributed by atoms with Crippen LogP contribution in [0.4, 0.5) is 0 Å². The number of aldehydes is 1. The Morgan fingerprint density at radius 2 is 2.27 bits per heavy atom. The van der Waals surface area contributed by atoms with Gasteiger partial charge in [0.25, 0.3) is 0 Å². The first-order valence-electron chi connectivity index (χ1n) is 5.23. The summed E-state index contributed by atoms with van der Waals surface area (Å²) in [5.74, 6) is 0.330. The van der Waals surface area contributed by atoms with Gasteiger partial charge in [0.15, 0.2) is 0 Å². The molecular weight excluding hydrogens is 210 g/mol. The molecule has 0 amide bonds. The van der Waals surface area contributed by atoms with Crippen molar-refractivity contribution >= 4 is 17.9 Å². The fourth-order valence-electron chi connectivity index (χ4n) is 2.17. The molecule has 1 saturated heterocycles. The summed E-state index contributed by atoms with van der Waals surface area (Å²) in [5, 5.41) is 3.97. The number of carbonyl (C=O) groups is 1. The molecule has 80 valence electrons. The van der Waals surface area contributed by atoms with Crippen LogP contribution in [-0.2, 0) is 4.79 Å².